The van der Waals surface area contributed by atoms with Gasteiger partial charge in [-0.3, -0.25) is 10.2 Å². The van der Waals surface area contributed by atoms with Crippen LogP contribution in [-0.2, 0) is 22.4 Å². The van der Waals surface area contributed by atoms with E-state index in [0.29, 0.717) is 0 Å². The Morgan fingerprint density at radius 3 is 3.05 bits per heavy atom. The number of ether oxygens (including phenoxy) is 1. The molecule has 3 rings (SSSR count). The first-order chi connectivity index (χ1) is 9.76. The third kappa shape index (κ3) is 3.00. The number of carbonyl (C=O) groups excluding carboxylic acids is 1. The first-order valence-corrected chi connectivity index (χ1v) is 8.15. The maximum Gasteiger partial charge on any atom is 0.263 e. The molecule has 1 saturated heterocycles. The number of nitrogens with two attached hydrogens (primary N) is 1. The van der Waals surface area contributed by atoms with Gasteiger partial charge in [0.05, 0.1) is 6.10 Å². The maximum atomic E-state index is 11.4. The van der Waals surface area contributed by atoms with Crippen molar-refractivity contribution in [2.45, 2.75) is 49.2 Å². The van der Waals surface area contributed by atoms with Crippen molar-refractivity contribution in [3.63, 3.8) is 0 Å². The molecule has 1 aliphatic heterocycles. The lowest BCUT2D eigenvalue weighted by Crippen LogP contribution is -2.39. The van der Waals surface area contributed by atoms with Gasteiger partial charge in [-0.05, 0) is 55.4 Å². The number of hydrogen-bond donors (Lipinski definition) is 2. The topological polar surface area (TPSA) is 64.3 Å². The van der Waals surface area contributed by atoms with Crippen LogP contribution in [0, 0.1) is 0 Å². The summed E-state index contributed by atoms with van der Waals surface area (Å²) in [5, 5.41) is 0. The van der Waals surface area contributed by atoms with Crippen molar-refractivity contribution in [2.75, 3.05) is 5.75 Å². The molecule has 0 bridgehead atoms. The van der Waals surface area contributed by atoms with Gasteiger partial charge in [-0.1, -0.05) is 6.07 Å². The molecule has 5 heteroatoms. The zero-order valence-electron chi connectivity index (χ0n) is 11.4. The fourth-order valence-electron chi connectivity index (χ4n) is 2.94. The molecule has 20 heavy (non-hydrogen) atoms. The standard InChI is InChI=1S/C15H20N2O2S/c16-17-15(18)14-7-5-12(19-14)9-20-13-6-4-10-2-1-3-11(10)8-13/h4,6,8,12,14H,1-3,5,7,9,16H2,(H,17,18). The molecule has 2 unspecified atom stereocenters. The van der Waals surface area contributed by atoms with Gasteiger partial charge in [0.1, 0.15) is 6.10 Å². The number of fused-ring (bicyclic) bond motifs is 1. The van der Waals surface area contributed by atoms with Crippen LogP contribution < -0.4 is 11.3 Å². The van der Waals surface area contributed by atoms with Crippen molar-refractivity contribution in [1.82, 2.24) is 5.43 Å². The SMILES string of the molecule is NNC(=O)C1CCC(CSc2ccc3c(c2)CCC3)O1. The third-order valence-corrected chi connectivity index (χ3v) is 5.17. The number of aryl methyl sites for hydroxylation is 2. The Labute approximate surface area is 123 Å². The molecule has 1 amide bonds. The highest BCUT2D eigenvalue weighted by Gasteiger charge is 2.30. The monoisotopic (exact) mass is 292 g/mol. The normalized spacial score (nSPS) is 24.6. The minimum atomic E-state index is -0.370. The van der Waals surface area contributed by atoms with Crippen LogP contribution in [0.2, 0.25) is 0 Å². The maximum absolute atomic E-state index is 11.4. The Hall–Kier alpha value is -1.04. The fraction of sp³-hybridized carbons (Fsp3) is 0.533. The van der Waals surface area contributed by atoms with E-state index < -0.39 is 0 Å². The molecule has 2 aliphatic rings. The molecule has 0 aromatic heterocycles. The number of amides is 1. The predicted octanol–water partition coefficient (Wildman–Crippen LogP) is 1.80. The number of hydrazine groups is 1. The quantitative estimate of drug-likeness (QED) is 0.384. The van der Waals surface area contributed by atoms with Gasteiger partial charge in [-0.25, -0.2) is 5.84 Å². The highest BCUT2D eigenvalue weighted by molar-refractivity contribution is 7.99. The molecule has 1 fully saturated rings. The molecule has 0 saturated carbocycles. The van der Waals surface area contributed by atoms with Crippen LogP contribution in [0.25, 0.3) is 0 Å². The Bertz CT molecular complexity index is 507. The van der Waals surface area contributed by atoms with Crippen LogP contribution >= 0.6 is 11.8 Å². The molecule has 1 aromatic rings. The summed E-state index contributed by atoms with van der Waals surface area (Å²) in [6.45, 7) is 0. The number of thioether (sulfide) groups is 1. The lowest BCUT2D eigenvalue weighted by Gasteiger charge is -2.12. The second kappa shape index (κ2) is 6.16. The second-order valence-electron chi connectivity index (χ2n) is 5.43. The molecule has 1 aromatic carbocycles. The van der Waals surface area contributed by atoms with E-state index in [1.807, 2.05) is 11.8 Å². The summed E-state index contributed by atoms with van der Waals surface area (Å²) in [6, 6.07) is 6.77. The van der Waals surface area contributed by atoms with Crippen LogP contribution in [-0.4, -0.2) is 23.9 Å². The lowest BCUT2D eigenvalue weighted by atomic mass is 10.1. The molecular formula is C15H20N2O2S. The molecule has 1 aliphatic carbocycles. The van der Waals surface area contributed by atoms with Gasteiger partial charge in [0.2, 0.25) is 0 Å². The first kappa shape index (κ1) is 13.9. The largest absolute Gasteiger partial charge is 0.364 e. The van der Waals surface area contributed by atoms with Gasteiger partial charge in [0.15, 0.2) is 0 Å². The molecule has 0 spiro atoms. The Kier molecular flexibility index (Phi) is 4.29. The van der Waals surface area contributed by atoms with E-state index in [1.54, 1.807) is 0 Å². The van der Waals surface area contributed by atoms with Crippen LogP contribution in [0.4, 0.5) is 0 Å². The van der Waals surface area contributed by atoms with Crippen molar-refractivity contribution in [3.05, 3.63) is 29.3 Å². The van der Waals surface area contributed by atoms with E-state index in [0.717, 1.165) is 18.6 Å². The Morgan fingerprint density at radius 1 is 1.35 bits per heavy atom. The van der Waals surface area contributed by atoms with E-state index in [4.69, 9.17) is 10.6 Å². The Balaban J connectivity index is 1.52. The Morgan fingerprint density at radius 2 is 2.20 bits per heavy atom. The summed E-state index contributed by atoms with van der Waals surface area (Å²) in [5.41, 5.74) is 5.17. The van der Waals surface area contributed by atoms with E-state index in [-0.39, 0.29) is 18.1 Å². The van der Waals surface area contributed by atoms with Crippen LogP contribution in [0.1, 0.15) is 30.4 Å². The summed E-state index contributed by atoms with van der Waals surface area (Å²) < 4.78 is 5.72. The number of benzene rings is 1. The van der Waals surface area contributed by atoms with E-state index in [2.05, 4.69) is 23.6 Å². The van der Waals surface area contributed by atoms with Crippen molar-refractivity contribution in [2.24, 2.45) is 5.84 Å². The minimum Gasteiger partial charge on any atom is -0.364 e. The zero-order valence-corrected chi connectivity index (χ0v) is 12.2. The van der Waals surface area contributed by atoms with Gasteiger partial charge >= 0.3 is 0 Å². The summed E-state index contributed by atoms with van der Waals surface area (Å²) in [4.78, 5) is 12.7. The van der Waals surface area contributed by atoms with Gasteiger partial charge in [0, 0.05) is 10.6 Å². The van der Waals surface area contributed by atoms with E-state index >= 15 is 0 Å². The number of rotatable bonds is 4. The molecule has 0 radical (unpaired) electrons. The number of nitrogens with one attached hydrogen (secondary N) is 1. The zero-order chi connectivity index (χ0) is 13.9. The summed E-state index contributed by atoms with van der Waals surface area (Å²) >= 11 is 1.82. The highest BCUT2D eigenvalue weighted by atomic mass is 32.2. The van der Waals surface area contributed by atoms with Crippen molar-refractivity contribution in [1.29, 1.82) is 0 Å². The van der Waals surface area contributed by atoms with Crippen LogP contribution in [0.15, 0.2) is 23.1 Å². The predicted molar refractivity (Wildman–Crippen MR) is 79.4 cm³/mol. The van der Waals surface area contributed by atoms with Gasteiger partial charge in [-0.2, -0.15) is 0 Å². The number of carbonyl (C=O) groups is 1. The first-order valence-electron chi connectivity index (χ1n) is 7.17. The van der Waals surface area contributed by atoms with Gasteiger partial charge < -0.3 is 4.74 Å². The second-order valence-corrected chi connectivity index (χ2v) is 6.52. The lowest BCUT2D eigenvalue weighted by molar-refractivity contribution is -0.131. The third-order valence-electron chi connectivity index (χ3n) is 4.05. The summed E-state index contributed by atoms with van der Waals surface area (Å²) in [5.74, 6) is 5.81. The molecule has 2 atom stereocenters. The highest BCUT2D eigenvalue weighted by Crippen LogP contribution is 2.30. The van der Waals surface area contributed by atoms with Crippen LogP contribution in [0.5, 0.6) is 0 Å². The molecule has 3 N–H and O–H groups in total. The van der Waals surface area contributed by atoms with Gasteiger partial charge in [-0.15, -0.1) is 11.8 Å². The van der Waals surface area contributed by atoms with Crippen molar-refractivity contribution >= 4 is 17.7 Å². The fourth-order valence-corrected chi connectivity index (χ4v) is 3.95. The number of hydrogen-bond acceptors (Lipinski definition) is 4. The molecule has 4 nitrogen and oxygen atoms in total. The average Bonchev–Trinajstić information content (AvgIpc) is 3.12. The van der Waals surface area contributed by atoms with E-state index in [9.17, 15) is 4.79 Å². The summed E-state index contributed by atoms with van der Waals surface area (Å²) in [7, 11) is 0. The van der Waals surface area contributed by atoms with Crippen molar-refractivity contribution in [3.8, 4) is 0 Å². The minimum absolute atomic E-state index is 0.149. The van der Waals surface area contributed by atoms with Gasteiger partial charge in [0.25, 0.3) is 5.91 Å². The molecular weight excluding hydrogens is 272 g/mol. The molecule has 1 heterocycles. The van der Waals surface area contributed by atoms with Crippen molar-refractivity contribution < 1.29 is 9.53 Å². The van der Waals surface area contributed by atoms with E-state index in [1.165, 1.54) is 35.3 Å². The molecule has 108 valence electrons. The van der Waals surface area contributed by atoms with Crippen LogP contribution in [0.3, 0.4) is 0 Å². The summed E-state index contributed by atoms with van der Waals surface area (Å²) in [6.07, 6.45) is 5.19. The average molecular weight is 292 g/mol. The smallest absolute Gasteiger partial charge is 0.263 e.